The second kappa shape index (κ2) is 8.74. The van der Waals surface area contributed by atoms with E-state index in [1.54, 1.807) is 0 Å². The van der Waals surface area contributed by atoms with Gasteiger partial charge >= 0.3 is 43.7 Å². The van der Waals surface area contributed by atoms with Gasteiger partial charge in [0.2, 0.25) is 0 Å². The van der Waals surface area contributed by atoms with Crippen molar-refractivity contribution in [1.82, 2.24) is 0 Å². The standard InChI is InChI=1S/C6H13NO2.Ca.O/c1-4(2)3-5(7)6(8)9;;/h4-5H,3,7H2,1-2H3,(H,8,9);;/q;+2;-2/t5-;;/m0../s1. The third kappa shape index (κ3) is 10.6. The Balaban J connectivity index is -0.000000320. The molecule has 1 atom stereocenters. The van der Waals surface area contributed by atoms with E-state index < -0.39 is 12.0 Å². The van der Waals surface area contributed by atoms with Crippen molar-refractivity contribution in [2.24, 2.45) is 11.7 Å². The Morgan fingerprint density at radius 2 is 1.91 bits per heavy atom. The van der Waals surface area contributed by atoms with Crippen LogP contribution in [-0.2, 0) is 10.3 Å². The molecule has 0 aromatic carbocycles. The number of carboxylic acids is 1. The second-order valence-corrected chi connectivity index (χ2v) is 2.57. The van der Waals surface area contributed by atoms with Crippen LogP contribution in [0.5, 0.6) is 0 Å². The summed E-state index contributed by atoms with van der Waals surface area (Å²) in [6, 6.07) is -0.690. The van der Waals surface area contributed by atoms with Gasteiger partial charge in [0, 0.05) is 0 Å². The molecule has 0 bridgehead atoms. The zero-order valence-electron chi connectivity index (χ0n) is 6.91. The zero-order valence-corrected chi connectivity index (χ0v) is 9.12. The molecule has 3 N–H and O–H groups in total. The SMILES string of the molecule is CC(C)C[C@H](N)C(=O)O.[Ca+2].[O-2]. The normalized spacial score (nSPS) is 11.3. The molecule has 0 saturated carbocycles. The molecule has 11 heavy (non-hydrogen) atoms. The number of rotatable bonds is 3. The maximum atomic E-state index is 10.1. The first-order valence-corrected chi connectivity index (χ1v) is 3.02. The molecule has 0 aliphatic heterocycles. The molecule has 4 nitrogen and oxygen atoms in total. The summed E-state index contributed by atoms with van der Waals surface area (Å²) >= 11 is 0. The molecule has 0 aliphatic rings. The van der Waals surface area contributed by atoms with Crippen LogP contribution in [0.15, 0.2) is 0 Å². The van der Waals surface area contributed by atoms with Crippen molar-refractivity contribution in [3.8, 4) is 0 Å². The van der Waals surface area contributed by atoms with Crippen LogP contribution in [0.3, 0.4) is 0 Å². The largest absolute Gasteiger partial charge is 2.00 e. The minimum atomic E-state index is -0.913. The van der Waals surface area contributed by atoms with Crippen LogP contribution in [-0.4, -0.2) is 54.9 Å². The van der Waals surface area contributed by atoms with Gasteiger partial charge < -0.3 is 16.3 Å². The molecule has 0 aromatic rings. The van der Waals surface area contributed by atoms with E-state index in [2.05, 4.69) is 0 Å². The Kier molecular flexibility index (Phi) is 14.0. The number of hydrogen-bond donors (Lipinski definition) is 2. The van der Waals surface area contributed by atoms with E-state index in [4.69, 9.17) is 10.8 Å². The first kappa shape index (κ1) is 17.7. The summed E-state index contributed by atoms with van der Waals surface area (Å²) in [5, 5.41) is 8.31. The topological polar surface area (TPSA) is 91.8 Å². The van der Waals surface area contributed by atoms with Crippen molar-refractivity contribution in [3.05, 3.63) is 0 Å². The van der Waals surface area contributed by atoms with Crippen LogP contribution in [0.4, 0.5) is 0 Å². The fraction of sp³-hybridized carbons (Fsp3) is 0.833. The molecule has 0 amide bonds. The third-order valence-electron chi connectivity index (χ3n) is 1.04. The second-order valence-electron chi connectivity index (χ2n) is 2.57. The molecule has 0 unspecified atom stereocenters. The Bertz CT molecular complexity index is 108. The quantitative estimate of drug-likeness (QED) is 0.606. The van der Waals surface area contributed by atoms with Gasteiger partial charge in [-0.25, -0.2) is 0 Å². The molecular weight excluding hydrogens is 174 g/mol. The molecule has 0 rings (SSSR count). The van der Waals surface area contributed by atoms with E-state index in [0.29, 0.717) is 12.3 Å². The first-order chi connectivity index (χ1) is 4.04. The fourth-order valence-electron chi connectivity index (χ4n) is 0.609. The first-order valence-electron chi connectivity index (χ1n) is 3.02. The molecule has 0 fully saturated rings. The summed E-state index contributed by atoms with van der Waals surface area (Å²) in [5.74, 6) is -0.556. The molecular formula is C6H13CaNO3. The van der Waals surface area contributed by atoms with Crippen molar-refractivity contribution in [2.75, 3.05) is 0 Å². The Morgan fingerprint density at radius 1 is 1.55 bits per heavy atom. The molecule has 0 radical (unpaired) electrons. The maximum Gasteiger partial charge on any atom is 2.00 e. The minimum absolute atomic E-state index is 0. The maximum absolute atomic E-state index is 10.1. The predicted molar refractivity (Wildman–Crippen MR) is 41.5 cm³/mol. The van der Waals surface area contributed by atoms with Gasteiger partial charge in [0.25, 0.3) is 0 Å². The molecule has 62 valence electrons. The van der Waals surface area contributed by atoms with Gasteiger partial charge in [0.1, 0.15) is 6.04 Å². The van der Waals surface area contributed by atoms with Gasteiger partial charge in [0.05, 0.1) is 0 Å². The summed E-state index contributed by atoms with van der Waals surface area (Å²) in [7, 11) is 0. The smallest absolute Gasteiger partial charge is 2.00 e. The average Bonchev–Trinajstić information content (AvgIpc) is 1.63. The molecule has 5 heteroatoms. The van der Waals surface area contributed by atoms with Crippen LogP contribution in [0.25, 0.3) is 0 Å². The number of aliphatic carboxylic acids is 1. The van der Waals surface area contributed by atoms with E-state index >= 15 is 0 Å². The number of nitrogens with two attached hydrogens (primary N) is 1. The van der Waals surface area contributed by atoms with Gasteiger partial charge in [0.15, 0.2) is 0 Å². The van der Waals surface area contributed by atoms with E-state index in [9.17, 15) is 4.79 Å². The average molecular weight is 187 g/mol. The van der Waals surface area contributed by atoms with Crippen molar-refractivity contribution < 1.29 is 15.4 Å². The Morgan fingerprint density at radius 3 is 2.00 bits per heavy atom. The molecule has 0 saturated heterocycles. The van der Waals surface area contributed by atoms with Crippen LogP contribution in [0.1, 0.15) is 20.3 Å². The Hall–Kier alpha value is 0.650. The summed E-state index contributed by atoms with van der Waals surface area (Å²) < 4.78 is 0. The zero-order chi connectivity index (χ0) is 7.44. The number of carboxylic acid groups (broad SMARTS) is 1. The van der Waals surface area contributed by atoms with Crippen molar-refractivity contribution in [1.29, 1.82) is 0 Å². The van der Waals surface area contributed by atoms with Gasteiger partial charge in [-0.05, 0) is 12.3 Å². The summed E-state index contributed by atoms with van der Waals surface area (Å²) in [6.07, 6.45) is 0.551. The minimum Gasteiger partial charge on any atom is -2.00 e. The van der Waals surface area contributed by atoms with Crippen LogP contribution in [0.2, 0.25) is 0 Å². The molecule has 0 aromatic heterocycles. The van der Waals surface area contributed by atoms with E-state index in [1.807, 2.05) is 13.8 Å². The molecule has 0 spiro atoms. The van der Waals surface area contributed by atoms with Gasteiger partial charge in [-0.1, -0.05) is 13.8 Å². The van der Waals surface area contributed by atoms with Gasteiger partial charge in [-0.2, -0.15) is 0 Å². The fourth-order valence-corrected chi connectivity index (χ4v) is 0.609. The third-order valence-corrected chi connectivity index (χ3v) is 1.04. The van der Waals surface area contributed by atoms with E-state index in [0.717, 1.165) is 0 Å². The number of carbonyl (C=O) groups is 1. The van der Waals surface area contributed by atoms with Crippen molar-refractivity contribution >= 4 is 43.7 Å². The predicted octanol–water partition coefficient (Wildman–Crippen LogP) is -0.0552. The van der Waals surface area contributed by atoms with E-state index in [1.165, 1.54) is 0 Å². The van der Waals surface area contributed by atoms with Crippen LogP contribution >= 0.6 is 0 Å². The molecule has 0 heterocycles. The van der Waals surface area contributed by atoms with Gasteiger partial charge in [-0.15, -0.1) is 0 Å². The molecule has 0 aliphatic carbocycles. The van der Waals surface area contributed by atoms with Crippen LogP contribution < -0.4 is 5.73 Å². The van der Waals surface area contributed by atoms with Crippen molar-refractivity contribution in [2.45, 2.75) is 26.3 Å². The van der Waals surface area contributed by atoms with Gasteiger partial charge in [-0.3, -0.25) is 4.79 Å². The number of hydrogen-bond acceptors (Lipinski definition) is 2. The summed E-state index contributed by atoms with van der Waals surface area (Å²) in [5.41, 5.74) is 5.22. The Labute approximate surface area is 96.5 Å². The van der Waals surface area contributed by atoms with E-state index in [-0.39, 0.29) is 43.2 Å². The van der Waals surface area contributed by atoms with Crippen LogP contribution in [0, 0.1) is 5.92 Å². The summed E-state index contributed by atoms with van der Waals surface area (Å²) in [4.78, 5) is 10.1. The monoisotopic (exact) mass is 187 g/mol. The summed E-state index contributed by atoms with van der Waals surface area (Å²) in [6.45, 7) is 3.89. The van der Waals surface area contributed by atoms with Crippen molar-refractivity contribution in [3.63, 3.8) is 0 Å².